The molecule has 1 saturated heterocycles. The van der Waals surface area contributed by atoms with Gasteiger partial charge in [-0.2, -0.15) is 5.10 Å². The molecule has 2 aliphatic rings. The van der Waals surface area contributed by atoms with Crippen LogP contribution < -0.4 is 4.90 Å². The van der Waals surface area contributed by atoms with Gasteiger partial charge in [0, 0.05) is 36.5 Å². The van der Waals surface area contributed by atoms with Gasteiger partial charge in [0.05, 0.1) is 22.4 Å². The number of aryl methyl sites for hydroxylation is 1. The minimum absolute atomic E-state index is 0.0841. The molecular formula is C27H27ClF2N4OS. The molecule has 1 aromatic heterocycles. The number of aromatic nitrogens is 2. The first kappa shape index (κ1) is 25.0. The number of likely N-dealkylation sites (tertiary alicyclic amines) is 1. The van der Waals surface area contributed by atoms with Crippen molar-refractivity contribution in [1.29, 1.82) is 0 Å². The molecule has 1 amide bonds. The Balaban J connectivity index is 1.34. The molecule has 0 saturated carbocycles. The fourth-order valence-electron chi connectivity index (χ4n) is 4.96. The van der Waals surface area contributed by atoms with Crippen LogP contribution in [0.5, 0.6) is 0 Å². The van der Waals surface area contributed by atoms with Gasteiger partial charge >= 0.3 is 0 Å². The number of anilines is 1. The first-order valence-corrected chi connectivity index (χ1v) is 13.6. The van der Waals surface area contributed by atoms with Crippen molar-refractivity contribution in [3.05, 3.63) is 81.5 Å². The van der Waals surface area contributed by atoms with Gasteiger partial charge in [0.2, 0.25) is 0 Å². The standard InChI is InChI=1S/C27H27ClF2N4OS/c1-17(25-20(29)9-10-21(30)26(25)28)34-13-5-8-22-23(34)15-24(32-31-22)36-16-18-6-4-7-19(14-18)27(35)33-11-2-3-12-33/h4,6-7,9-10,14-15,17H,2-3,5,8,11-13,16H2,1H3. The van der Waals surface area contributed by atoms with Gasteiger partial charge in [0.1, 0.15) is 16.7 Å². The van der Waals surface area contributed by atoms with Crippen molar-refractivity contribution < 1.29 is 13.6 Å². The zero-order valence-corrected chi connectivity index (χ0v) is 21.6. The number of thioether (sulfide) groups is 1. The van der Waals surface area contributed by atoms with Gasteiger partial charge in [-0.3, -0.25) is 4.79 Å². The summed E-state index contributed by atoms with van der Waals surface area (Å²) in [6, 6.07) is 11.4. The second-order valence-electron chi connectivity index (χ2n) is 9.23. The number of benzene rings is 2. The third kappa shape index (κ3) is 5.06. The largest absolute Gasteiger partial charge is 0.363 e. The van der Waals surface area contributed by atoms with E-state index in [9.17, 15) is 13.6 Å². The van der Waals surface area contributed by atoms with Gasteiger partial charge in [0.15, 0.2) is 0 Å². The van der Waals surface area contributed by atoms with Crippen molar-refractivity contribution in [3.8, 4) is 0 Å². The zero-order valence-electron chi connectivity index (χ0n) is 20.0. The van der Waals surface area contributed by atoms with Gasteiger partial charge in [-0.05, 0) is 68.5 Å². The predicted molar refractivity (Wildman–Crippen MR) is 139 cm³/mol. The van der Waals surface area contributed by atoms with Crippen LogP contribution in [0.2, 0.25) is 5.02 Å². The Hall–Kier alpha value is -2.71. The van der Waals surface area contributed by atoms with Crippen LogP contribution in [0, 0.1) is 11.6 Å². The van der Waals surface area contributed by atoms with Crippen molar-refractivity contribution in [2.24, 2.45) is 0 Å². The summed E-state index contributed by atoms with van der Waals surface area (Å²) in [6.45, 7) is 4.15. The number of amides is 1. The quantitative estimate of drug-likeness (QED) is 0.272. The maximum Gasteiger partial charge on any atom is 0.253 e. The number of rotatable bonds is 6. The van der Waals surface area contributed by atoms with E-state index in [4.69, 9.17) is 11.6 Å². The number of carbonyl (C=O) groups excluding carboxylic acids is 1. The molecule has 5 nitrogen and oxygen atoms in total. The third-order valence-corrected chi connectivity index (χ3v) is 8.22. The molecule has 0 N–H and O–H groups in total. The second-order valence-corrected chi connectivity index (χ2v) is 10.6. The summed E-state index contributed by atoms with van der Waals surface area (Å²) in [5, 5.41) is 9.38. The van der Waals surface area contributed by atoms with Gasteiger partial charge in [-0.1, -0.05) is 35.5 Å². The highest BCUT2D eigenvalue weighted by Gasteiger charge is 2.28. The lowest BCUT2D eigenvalue weighted by Gasteiger charge is -2.36. The van der Waals surface area contributed by atoms with Crippen molar-refractivity contribution in [2.75, 3.05) is 24.5 Å². The monoisotopic (exact) mass is 528 g/mol. The van der Waals surface area contributed by atoms with Gasteiger partial charge < -0.3 is 9.80 Å². The number of carbonyl (C=O) groups is 1. The molecule has 0 spiro atoms. The Morgan fingerprint density at radius 3 is 2.64 bits per heavy atom. The fourth-order valence-corrected chi connectivity index (χ4v) is 6.06. The van der Waals surface area contributed by atoms with Crippen molar-refractivity contribution >= 4 is 35.0 Å². The molecule has 188 valence electrons. The topological polar surface area (TPSA) is 49.3 Å². The van der Waals surface area contributed by atoms with Crippen LogP contribution in [0.4, 0.5) is 14.5 Å². The maximum atomic E-state index is 14.7. The minimum Gasteiger partial charge on any atom is -0.363 e. The van der Waals surface area contributed by atoms with E-state index in [0.29, 0.717) is 17.9 Å². The average Bonchev–Trinajstić information content (AvgIpc) is 3.44. The van der Waals surface area contributed by atoms with E-state index in [2.05, 4.69) is 10.2 Å². The van der Waals surface area contributed by atoms with Crippen LogP contribution in [-0.2, 0) is 12.2 Å². The van der Waals surface area contributed by atoms with Crippen LogP contribution in [0.1, 0.15) is 59.4 Å². The van der Waals surface area contributed by atoms with E-state index in [1.54, 1.807) is 0 Å². The van der Waals surface area contributed by atoms with Gasteiger partial charge in [-0.25, -0.2) is 8.78 Å². The van der Waals surface area contributed by atoms with Crippen molar-refractivity contribution in [3.63, 3.8) is 0 Å². The number of halogens is 3. The molecule has 3 heterocycles. The van der Waals surface area contributed by atoms with E-state index in [0.717, 1.165) is 72.9 Å². The Kier molecular flexibility index (Phi) is 7.44. The van der Waals surface area contributed by atoms with Gasteiger partial charge in [-0.15, -0.1) is 5.10 Å². The molecule has 36 heavy (non-hydrogen) atoms. The van der Waals surface area contributed by atoms with Crippen LogP contribution in [0.15, 0.2) is 47.5 Å². The summed E-state index contributed by atoms with van der Waals surface area (Å²) in [6.07, 6.45) is 3.74. The number of hydrogen-bond donors (Lipinski definition) is 0. The van der Waals surface area contributed by atoms with Crippen molar-refractivity contribution in [1.82, 2.24) is 15.1 Å². The van der Waals surface area contributed by atoms with E-state index in [-0.39, 0.29) is 16.5 Å². The molecule has 1 fully saturated rings. The normalized spacial score (nSPS) is 16.2. The third-order valence-electron chi connectivity index (χ3n) is 6.87. The minimum atomic E-state index is -0.633. The molecule has 3 aromatic rings. The molecule has 2 aromatic carbocycles. The lowest BCUT2D eigenvalue weighted by atomic mass is 10.0. The molecule has 9 heteroatoms. The summed E-state index contributed by atoms with van der Waals surface area (Å²) in [5.74, 6) is -0.442. The lowest BCUT2D eigenvalue weighted by Crippen LogP contribution is -2.33. The highest BCUT2D eigenvalue weighted by atomic mass is 35.5. The van der Waals surface area contributed by atoms with Gasteiger partial charge in [0.25, 0.3) is 5.91 Å². The van der Waals surface area contributed by atoms with E-state index >= 15 is 0 Å². The number of fused-ring (bicyclic) bond motifs is 1. The molecule has 1 atom stereocenters. The summed E-state index contributed by atoms with van der Waals surface area (Å²) in [4.78, 5) is 16.7. The van der Waals surface area contributed by atoms with Crippen LogP contribution in [0.25, 0.3) is 0 Å². The predicted octanol–water partition coefficient (Wildman–Crippen LogP) is 6.45. The molecule has 0 radical (unpaired) electrons. The van der Waals surface area contributed by atoms with E-state index < -0.39 is 17.7 Å². The Labute approximate surface area is 218 Å². The van der Waals surface area contributed by atoms with E-state index in [1.807, 2.05) is 47.1 Å². The summed E-state index contributed by atoms with van der Waals surface area (Å²) >= 11 is 7.70. The molecule has 2 aliphatic heterocycles. The highest BCUT2D eigenvalue weighted by Crippen LogP contribution is 2.38. The summed E-state index contributed by atoms with van der Waals surface area (Å²) in [5.41, 5.74) is 3.59. The number of hydrogen-bond acceptors (Lipinski definition) is 5. The lowest BCUT2D eigenvalue weighted by molar-refractivity contribution is 0.0792. The molecule has 1 unspecified atom stereocenters. The zero-order chi connectivity index (χ0) is 25.2. The SMILES string of the molecule is CC(c1c(F)ccc(F)c1Cl)N1CCCc2nnc(SCc3cccc(C(=O)N4CCCC4)c3)cc21. The Morgan fingerprint density at radius 2 is 1.83 bits per heavy atom. The van der Waals surface area contributed by atoms with Crippen LogP contribution in [-0.4, -0.2) is 40.6 Å². The first-order valence-electron chi connectivity index (χ1n) is 12.2. The van der Waals surface area contributed by atoms with E-state index in [1.165, 1.54) is 11.8 Å². The molecular weight excluding hydrogens is 502 g/mol. The highest BCUT2D eigenvalue weighted by molar-refractivity contribution is 7.98. The number of nitrogens with zero attached hydrogens (tertiary/aromatic N) is 4. The molecule has 5 rings (SSSR count). The summed E-state index contributed by atoms with van der Waals surface area (Å²) < 4.78 is 28.8. The Bertz CT molecular complexity index is 1280. The Morgan fingerprint density at radius 1 is 1.06 bits per heavy atom. The average molecular weight is 529 g/mol. The molecule has 0 aliphatic carbocycles. The van der Waals surface area contributed by atoms with Crippen LogP contribution in [0.3, 0.4) is 0 Å². The second kappa shape index (κ2) is 10.7. The van der Waals surface area contributed by atoms with Crippen molar-refractivity contribution in [2.45, 2.75) is 49.4 Å². The first-order chi connectivity index (χ1) is 17.4. The van der Waals surface area contributed by atoms with Crippen LogP contribution >= 0.6 is 23.4 Å². The maximum absolute atomic E-state index is 14.7. The smallest absolute Gasteiger partial charge is 0.253 e. The molecule has 0 bridgehead atoms. The summed E-state index contributed by atoms with van der Waals surface area (Å²) in [7, 11) is 0. The fraction of sp³-hybridized carbons (Fsp3) is 0.370.